The lowest BCUT2D eigenvalue weighted by atomic mass is 10.0. The molecule has 3 N–H and O–H groups in total. The summed E-state index contributed by atoms with van der Waals surface area (Å²) in [5, 5.41) is 1.68. The van der Waals surface area contributed by atoms with Crippen LogP contribution in [0.1, 0.15) is 11.6 Å². The zero-order chi connectivity index (χ0) is 13.9. The molecule has 1 atom stereocenters. The van der Waals surface area contributed by atoms with Crippen LogP contribution >= 0.6 is 0 Å². The lowest BCUT2D eigenvalue weighted by molar-refractivity contribution is -0.131. The molecule has 0 saturated carbocycles. The van der Waals surface area contributed by atoms with Crippen LogP contribution in [0.2, 0.25) is 0 Å². The molecule has 3 nitrogen and oxygen atoms in total. The van der Waals surface area contributed by atoms with Crippen molar-refractivity contribution < 1.29 is 26.7 Å². The number of rotatable bonds is 4. The van der Waals surface area contributed by atoms with Gasteiger partial charge in [0.15, 0.2) is 0 Å². The van der Waals surface area contributed by atoms with Crippen molar-refractivity contribution in [2.24, 2.45) is 5.73 Å². The number of primary amides is 1. The highest BCUT2D eigenvalue weighted by Crippen LogP contribution is 2.22. The molecule has 1 rings (SSSR count). The summed E-state index contributed by atoms with van der Waals surface area (Å²) in [4.78, 5) is 11.0. The first kappa shape index (κ1) is 14.4. The highest BCUT2D eigenvalue weighted by atomic mass is 19.4. The normalized spacial score (nSPS) is 13.4. The van der Waals surface area contributed by atoms with E-state index < -0.39 is 41.9 Å². The van der Waals surface area contributed by atoms with Gasteiger partial charge < -0.3 is 5.73 Å². The molecular formula is C10H9F5N2O. The van der Waals surface area contributed by atoms with E-state index in [0.717, 1.165) is 18.2 Å². The summed E-state index contributed by atoms with van der Waals surface area (Å²) >= 11 is 0. The molecule has 8 heteroatoms. The fraction of sp³-hybridized carbons (Fsp3) is 0.300. The summed E-state index contributed by atoms with van der Waals surface area (Å²) in [7, 11) is 0. The molecule has 1 aromatic carbocycles. The number of halogens is 5. The first-order chi connectivity index (χ1) is 8.22. The fourth-order valence-corrected chi connectivity index (χ4v) is 1.35. The smallest absolute Gasteiger partial charge is 0.368 e. The average molecular weight is 268 g/mol. The Morgan fingerprint density at radius 2 is 1.78 bits per heavy atom. The van der Waals surface area contributed by atoms with Gasteiger partial charge in [0.25, 0.3) is 0 Å². The van der Waals surface area contributed by atoms with E-state index in [2.05, 4.69) is 0 Å². The molecule has 0 aliphatic heterocycles. The number of amides is 1. The van der Waals surface area contributed by atoms with E-state index in [-0.39, 0.29) is 0 Å². The van der Waals surface area contributed by atoms with Gasteiger partial charge in [-0.2, -0.15) is 13.2 Å². The van der Waals surface area contributed by atoms with Crippen LogP contribution in [0, 0.1) is 11.6 Å². The predicted octanol–water partition coefficient (Wildman–Crippen LogP) is 1.64. The van der Waals surface area contributed by atoms with Gasteiger partial charge in [-0.25, -0.2) is 8.78 Å². The minimum absolute atomic E-state index is 0.823. The monoisotopic (exact) mass is 268 g/mol. The molecule has 0 radical (unpaired) electrons. The molecule has 1 amide bonds. The Balaban J connectivity index is 3.02. The largest absolute Gasteiger partial charge is 0.401 e. The maximum absolute atomic E-state index is 13.3. The number of benzene rings is 1. The van der Waals surface area contributed by atoms with Crippen molar-refractivity contribution in [3.8, 4) is 0 Å². The van der Waals surface area contributed by atoms with Crippen LogP contribution in [0.15, 0.2) is 18.2 Å². The molecule has 0 spiro atoms. The lowest BCUT2D eigenvalue weighted by Crippen LogP contribution is -2.39. The minimum atomic E-state index is -4.63. The van der Waals surface area contributed by atoms with Gasteiger partial charge in [-0.05, 0) is 12.1 Å². The Hall–Kier alpha value is -1.70. The van der Waals surface area contributed by atoms with Gasteiger partial charge in [0, 0.05) is 5.56 Å². The van der Waals surface area contributed by atoms with Crippen LogP contribution in [0.25, 0.3) is 0 Å². The van der Waals surface area contributed by atoms with Crippen LogP contribution in [-0.4, -0.2) is 18.6 Å². The zero-order valence-electron chi connectivity index (χ0n) is 8.89. The molecule has 0 aromatic heterocycles. The highest BCUT2D eigenvalue weighted by molar-refractivity contribution is 5.81. The Morgan fingerprint density at radius 1 is 1.28 bits per heavy atom. The third-order valence-corrected chi connectivity index (χ3v) is 2.08. The second-order valence-corrected chi connectivity index (χ2v) is 3.47. The van der Waals surface area contributed by atoms with Crippen LogP contribution in [0.3, 0.4) is 0 Å². The van der Waals surface area contributed by atoms with Crippen LogP contribution < -0.4 is 11.1 Å². The predicted molar refractivity (Wildman–Crippen MR) is 52.4 cm³/mol. The Kier molecular flexibility index (Phi) is 4.23. The molecule has 0 saturated heterocycles. The third-order valence-electron chi connectivity index (χ3n) is 2.08. The van der Waals surface area contributed by atoms with Crippen molar-refractivity contribution in [2.45, 2.75) is 12.2 Å². The minimum Gasteiger partial charge on any atom is -0.368 e. The molecule has 0 fully saturated rings. The molecule has 0 aliphatic rings. The number of carbonyl (C=O) groups is 1. The van der Waals surface area contributed by atoms with E-state index >= 15 is 0 Å². The number of nitrogens with two attached hydrogens (primary N) is 1. The molecule has 0 aliphatic carbocycles. The number of carbonyl (C=O) groups excluding carboxylic acids is 1. The van der Waals surface area contributed by atoms with Crippen LogP contribution in [-0.2, 0) is 4.79 Å². The van der Waals surface area contributed by atoms with Crippen LogP contribution in [0.5, 0.6) is 0 Å². The number of nitrogens with one attached hydrogen (secondary N) is 1. The van der Waals surface area contributed by atoms with Gasteiger partial charge in [-0.15, -0.1) is 0 Å². The molecule has 1 unspecified atom stereocenters. The van der Waals surface area contributed by atoms with Gasteiger partial charge in [-0.3, -0.25) is 10.1 Å². The van der Waals surface area contributed by atoms with E-state index in [0.29, 0.717) is 0 Å². The Bertz CT molecular complexity index is 426. The Morgan fingerprint density at radius 3 is 2.17 bits per heavy atom. The first-order valence-electron chi connectivity index (χ1n) is 4.75. The summed E-state index contributed by atoms with van der Waals surface area (Å²) < 4.78 is 62.6. The molecular weight excluding hydrogens is 259 g/mol. The SMILES string of the molecule is NC(=O)C(NCC(F)(F)F)c1c(F)cccc1F. The van der Waals surface area contributed by atoms with Crippen molar-refractivity contribution in [3.05, 3.63) is 35.4 Å². The average Bonchev–Trinajstić information content (AvgIpc) is 2.20. The molecule has 100 valence electrons. The van der Waals surface area contributed by atoms with E-state index in [1.807, 2.05) is 0 Å². The van der Waals surface area contributed by atoms with Crippen LogP contribution in [0.4, 0.5) is 22.0 Å². The van der Waals surface area contributed by atoms with Crippen molar-refractivity contribution in [3.63, 3.8) is 0 Å². The maximum Gasteiger partial charge on any atom is 0.401 e. The Labute approximate surface area is 98.8 Å². The van der Waals surface area contributed by atoms with Gasteiger partial charge in [0.05, 0.1) is 6.54 Å². The van der Waals surface area contributed by atoms with E-state index in [1.54, 1.807) is 5.32 Å². The molecule has 0 bridgehead atoms. The maximum atomic E-state index is 13.3. The molecule has 0 heterocycles. The van der Waals surface area contributed by atoms with Gasteiger partial charge in [0.2, 0.25) is 5.91 Å². The number of alkyl halides is 3. The number of hydrogen-bond donors (Lipinski definition) is 2. The summed E-state index contributed by atoms with van der Waals surface area (Å²) in [6.45, 7) is -1.59. The summed E-state index contributed by atoms with van der Waals surface area (Å²) in [6.07, 6.45) is -4.63. The van der Waals surface area contributed by atoms with E-state index in [4.69, 9.17) is 5.73 Å². The van der Waals surface area contributed by atoms with E-state index in [9.17, 15) is 26.7 Å². The van der Waals surface area contributed by atoms with E-state index in [1.165, 1.54) is 0 Å². The third kappa shape index (κ3) is 3.66. The quantitative estimate of drug-likeness (QED) is 0.816. The molecule has 18 heavy (non-hydrogen) atoms. The first-order valence-corrected chi connectivity index (χ1v) is 4.75. The van der Waals surface area contributed by atoms with Gasteiger partial charge in [-0.1, -0.05) is 6.07 Å². The summed E-state index contributed by atoms with van der Waals surface area (Å²) in [5.41, 5.74) is 4.01. The van der Waals surface area contributed by atoms with Crippen molar-refractivity contribution >= 4 is 5.91 Å². The second kappa shape index (κ2) is 5.30. The van der Waals surface area contributed by atoms with Gasteiger partial charge >= 0.3 is 6.18 Å². The molecule has 1 aromatic rings. The summed E-state index contributed by atoms with van der Waals surface area (Å²) in [5.74, 6) is -3.59. The second-order valence-electron chi connectivity index (χ2n) is 3.47. The topological polar surface area (TPSA) is 55.1 Å². The zero-order valence-corrected chi connectivity index (χ0v) is 8.89. The van der Waals surface area contributed by atoms with Crippen molar-refractivity contribution in [2.75, 3.05) is 6.54 Å². The fourth-order valence-electron chi connectivity index (χ4n) is 1.35. The highest BCUT2D eigenvalue weighted by Gasteiger charge is 2.32. The van der Waals surface area contributed by atoms with Crippen molar-refractivity contribution in [1.29, 1.82) is 0 Å². The summed E-state index contributed by atoms with van der Waals surface area (Å²) in [6, 6.07) is 0.788. The number of hydrogen-bond acceptors (Lipinski definition) is 2. The standard InChI is InChI=1S/C10H9F5N2O/c11-5-2-1-3-6(12)7(5)8(9(16)18)17-4-10(13,14)15/h1-3,8,17H,4H2,(H2,16,18). The van der Waals surface area contributed by atoms with Crippen molar-refractivity contribution in [1.82, 2.24) is 5.32 Å². The lowest BCUT2D eigenvalue weighted by Gasteiger charge is -2.18. The van der Waals surface area contributed by atoms with Gasteiger partial charge in [0.1, 0.15) is 17.7 Å².